The minimum absolute atomic E-state index is 0.0436. The van der Waals surface area contributed by atoms with Crippen LogP contribution in [0.2, 0.25) is 0 Å². The molecule has 3 rings (SSSR count). The number of methoxy groups -OCH3 is 1. The highest BCUT2D eigenvalue weighted by molar-refractivity contribution is 5.98. The van der Waals surface area contributed by atoms with Crippen LogP contribution < -0.4 is 4.74 Å². The summed E-state index contributed by atoms with van der Waals surface area (Å²) in [4.78, 5) is 29.0. The fraction of sp³-hybridized carbons (Fsp3) is 0.529. The van der Waals surface area contributed by atoms with E-state index in [1.807, 2.05) is 4.90 Å². The van der Waals surface area contributed by atoms with E-state index in [1.54, 1.807) is 36.3 Å². The van der Waals surface area contributed by atoms with Crippen LogP contribution in [0.25, 0.3) is 0 Å². The first-order valence-electron chi connectivity index (χ1n) is 8.02. The zero-order valence-corrected chi connectivity index (χ0v) is 13.4. The maximum absolute atomic E-state index is 12.8. The largest absolute Gasteiger partial charge is 0.497 e. The molecule has 2 amide bonds. The normalized spacial score (nSPS) is 21.3. The second kappa shape index (κ2) is 7.00. The second-order valence-corrected chi connectivity index (χ2v) is 5.83. The van der Waals surface area contributed by atoms with Crippen molar-refractivity contribution in [1.82, 2.24) is 9.80 Å². The number of morpholine rings is 1. The average Bonchev–Trinajstić information content (AvgIpc) is 3.11. The zero-order chi connectivity index (χ0) is 16.2. The number of hydrogen-bond donors (Lipinski definition) is 0. The van der Waals surface area contributed by atoms with Crippen LogP contribution in [0.5, 0.6) is 5.75 Å². The monoisotopic (exact) mass is 318 g/mol. The molecule has 0 saturated carbocycles. The van der Waals surface area contributed by atoms with Gasteiger partial charge in [0.05, 0.1) is 20.3 Å². The molecule has 0 aliphatic carbocycles. The van der Waals surface area contributed by atoms with Crippen LogP contribution in [-0.4, -0.2) is 67.6 Å². The zero-order valence-electron chi connectivity index (χ0n) is 13.4. The molecule has 23 heavy (non-hydrogen) atoms. The van der Waals surface area contributed by atoms with E-state index in [4.69, 9.17) is 9.47 Å². The highest BCUT2D eigenvalue weighted by atomic mass is 16.5. The third kappa shape index (κ3) is 3.32. The van der Waals surface area contributed by atoms with Crippen molar-refractivity contribution in [3.05, 3.63) is 29.8 Å². The maximum atomic E-state index is 12.8. The van der Waals surface area contributed by atoms with E-state index in [-0.39, 0.29) is 17.9 Å². The molecule has 1 aromatic rings. The molecule has 0 aromatic heterocycles. The molecule has 2 saturated heterocycles. The number of ether oxygens (including phenoxy) is 2. The van der Waals surface area contributed by atoms with Crippen LogP contribution in [0, 0.1) is 0 Å². The van der Waals surface area contributed by atoms with Crippen molar-refractivity contribution in [2.75, 3.05) is 40.0 Å². The van der Waals surface area contributed by atoms with Gasteiger partial charge in [-0.1, -0.05) is 6.07 Å². The second-order valence-electron chi connectivity index (χ2n) is 5.83. The van der Waals surface area contributed by atoms with Gasteiger partial charge in [-0.2, -0.15) is 0 Å². The van der Waals surface area contributed by atoms with Gasteiger partial charge >= 0.3 is 0 Å². The van der Waals surface area contributed by atoms with Crippen LogP contribution in [0.1, 0.15) is 23.2 Å². The SMILES string of the molecule is COc1cccc(C(=O)N2CCC[C@@H]2C(=O)N2CCOCC2)c1. The summed E-state index contributed by atoms with van der Waals surface area (Å²) in [6.07, 6.45) is 1.59. The van der Waals surface area contributed by atoms with Gasteiger partial charge in [0.25, 0.3) is 5.91 Å². The topological polar surface area (TPSA) is 59.1 Å². The van der Waals surface area contributed by atoms with Crippen molar-refractivity contribution in [2.45, 2.75) is 18.9 Å². The van der Waals surface area contributed by atoms with E-state index in [1.165, 1.54) is 0 Å². The summed E-state index contributed by atoms with van der Waals surface area (Å²) in [5.74, 6) is 0.584. The number of hydrogen-bond acceptors (Lipinski definition) is 4. The molecule has 2 aliphatic rings. The number of amides is 2. The molecule has 1 aromatic carbocycles. The van der Waals surface area contributed by atoms with Gasteiger partial charge in [0.1, 0.15) is 11.8 Å². The molecule has 0 unspecified atom stereocenters. The molecule has 1 atom stereocenters. The van der Waals surface area contributed by atoms with E-state index < -0.39 is 0 Å². The Kier molecular flexibility index (Phi) is 4.81. The predicted molar refractivity (Wildman–Crippen MR) is 84.5 cm³/mol. The van der Waals surface area contributed by atoms with E-state index in [9.17, 15) is 9.59 Å². The lowest BCUT2D eigenvalue weighted by atomic mass is 10.1. The lowest BCUT2D eigenvalue weighted by Gasteiger charge is -2.32. The molecule has 2 heterocycles. The highest BCUT2D eigenvalue weighted by Crippen LogP contribution is 2.23. The molecule has 6 nitrogen and oxygen atoms in total. The van der Waals surface area contributed by atoms with Gasteiger partial charge in [0, 0.05) is 25.2 Å². The predicted octanol–water partition coefficient (Wildman–Crippen LogP) is 1.16. The quantitative estimate of drug-likeness (QED) is 0.839. The van der Waals surface area contributed by atoms with E-state index >= 15 is 0 Å². The van der Waals surface area contributed by atoms with Gasteiger partial charge in [-0.25, -0.2) is 0 Å². The van der Waals surface area contributed by atoms with Crippen molar-refractivity contribution in [1.29, 1.82) is 0 Å². The highest BCUT2D eigenvalue weighted by Gasteiger charge is 2.37. The summed E-state index contributed by atoms with van der Waals surface area (Å²) in [6, 6.07) is 6.72. The molecule has 0 spiro atoms. The summed E-state index contributed by atoms with van der Waals surface area (Å²) < 4.78 is 10.5. The number of carbonyl (C=O) groups is 2. The number of rotatable bonds is 3. The molecule has 0 N–H and O–H groups in total. The molecule has 0 bridgehead atoms. The average molecular weight is 318 g/mol. The van der Waals surface area contributed by atoms with E-state index in [0.29, 0.717) is 44.2 Å². The first-order valence-corrected chi connectivity index (χ1v) is 8.02. The number of carbonyl (C=O) groups excluding carboxylic acids is 2. The maximum Gasteiger partial charge on any atom is 0.254 e. The minimum Gasteiger partial charge on any atom is -0.497 e. The van der Waals surface area contributed by atoms with Crippen LogP contribution in [-0.2, 0) is 9.53 Å². The van der Waals surface area contributed by atoms with E-state index in [2.05, 4.69) is 0 Å². The Morgan fingerprint density at radius 2 is 2.00 bits per heavy atom. The lowest BCUT2D eigenvalue weighted by molar-refractivity contribution is -0.139. The Morgan fingerprint density at radius 3 is 2.74 bits per heavy atom. The Bertz CT molecular complexity index is 584. The fourth-order valence-corrected chi connectivity index (χ4v) is 3.18. The van der Waals surface area contributed by atoms with Gasteiger partial charge in [0.2, 0.25) is 5.91 Å². The first kappa shape index (κ1) is 15.8. The summed E-state index contributed by atoms with van der Waals surface area (Å²) >= 11 is 0. The fourth-order valence-electron chi connectivity index (χ4n) is 3.18. The van der Waals surface area contributed by atoms with Gasteiger partial charge in [-0.3, -0.25) is 9.59 Å². The van der Waals surface area contributed by atoms with Crippen molar-refractivity contribution in [2.24, 2.45) is 0 Å². The molecular formula is C17H22N2O4. The van der Waals surface area contributed by atoms with Gasteiger partial charge < -0.3 is 19.3 Å². The van der Waals surface area contributed by atoms with Crippen molar-refractivity contribution in [3.8, 4) is 5.75 Å². The van der Waals surface area contributed by atoms with Crippen LogP contribution in [0.4, 0.5) is 0 Å². The Balaban J connectivity index is 1.74. The van der Waals surface area contributed by atoms with Crippen molar-refractivity contribution in [3.63, 3.8) is 0 Å². The molecule has 124 valence electrons. The summed E-state index contributed by atoms with van der Waals surface area (Å²) in [6.45, 7) is 2.98. The van der Waals surface area contributed by atoms with Crippen LogP contribution in [0.3, 0.4) is 0 Å². The number of likely N-dealkylation sites (tertiary alicyclic amines) is 1. The smallest absolute Gasteiger partial charge is 0.254 e. The Hall–Kier alpha value is -2.08. The Labute approximate surface area is 136 Å². The van der Waals surface area contributed by atoms with E-state index in [0.717, 1.165) is 12.8 Å². The van der Waals surface area contributed by atoms with Crippen LogP contribution >= 0.6 is 0 Å². The van der Waals surface area contributed by atoms with Gasteiger partial charge in [0.15, 0.2) is 0 Å². The summed E-state index contributed by atoms with van der Waals surface area (Å²) in [7, 11) is 1.57. The minimum atomic E-state index is -0.355. The molecule has 6 heteroatoms. The lowest BCUT2D eigenvalue weighted by Crippen LogP contribution is -2.51. The van der Waals surface area contributed by atoms with Gasteiger partial charge in [-0.05, 0) is 31.0 Å². The first-order chi connectivity index (χ1) is 11.2. The van der Waals surface area contributed by atoms with Crippen LogP contribution in [0.15, 0.2) is 24.3 Å². The van der Waals surface area contributed by atoms with Crippen molar-refractivity contribution >= 4 is 11.8 Å². The third-order valence-electron chi connectivity index (χ3n) is 4.44. The molecular weight excluding hydrogens is 296 g/mol. The number of nitrogens with zero attached hydrogens (tertiary/aromatic N) is 2. The number of benzene rings is 1. The molecule has 0 radical (unpaired) electrons. The summed E-state index contributed by atoms with van der Waals surface area (Å²) in [5, 5.41) is 0. The summed E-state index contributed by atoms with van der Waals surface area (Å²) in [5.41, 5.74) is 0.561. The van der Waals surface area contributed by atoms with Gasteiger partial charge in [-0.15, -0.1) is 0 Å². The Morgan fingerprint density at radius 1 is 1.22 bits per heavy atom. The molecule has 2 fully saturated rings. The standard InChI is InChI=1S/C17H22N2O4/c1-22-14-5-2-4-13(12-14)16(20)19-7-3-6-15(19)17(21)18-8-10-23-11-9-18/h2,4-5,12,15H,3,6-11H2,1H3/t15-/m1/s1. The van der Waals surface area contributed by atoms with Crippen molar-refractivity contribution < 1.29 is 19.1 Å². The molecule has 2 aliphatic heterocycles. The third-order valence-corrected chi connectivity index (χ3v) is 4.44.